The van der Waals surface area contributed by atoms with Crippen LogP contribution < -0.4 is 15.4 Å². The fourth-order valence-corrected chi connectivity index (χ4v) is 5.66. The molecule has 3 N–H and O–H groups in total. The van der Waals surface area contributed by atoms with Gasteiger partial charge in [-0.1, -0.05) is 53.5 Å². The second kappa shape index (κ2) is 12.4. The van der Waals surface area contributed by atoms with E-state index in [-0.39, 0.29) is 27.6 Å². The first-order valence-corrected chi connectivity index (χ1v) is 13.5. The van der Waals surface area contributed by atoms with Crippen molar-refractivity contribution in [3.8, 4) is 5.75 Å². The lowest BCUT2D eigenvalue weighted by atomic mass is 9.99. The third kappa shape index (κ3) is 7.10. The van der Waals surface area contributed by atoms with Crippen LogP contribution in [0.3, 0.4) is 0 Å². The van der Waals surface area contributed by atoms with Gasteiger partial charge in [0, 0.05) is 11.3 Å². The molecule has 3 amide bonds. The van der Waals surface area contributed by atoms with E-state index in [0.717, 1.165) is 11.1 Å². The predicted octanol–water partition coefficient (Wildman–Crippen LogP) is 3.54. The summed E-state index contributed by atoms with van der Waals surface area (Å²) in [7, 11) is 0. The minimum atomic E-state index is -1.56. The molecule has 1 aliphatic heterocycles. The van der Waals surface area contributed by atoms with Crippen molar-refractivity contribution in [3.63, 3.8) is 0 Å². The van der Waals surface area contributed by atoms with E-state index < -0.39 is 41.4 Å². The lowest BCUT2D eigenvalue weighted by molar-refractivity contribution is -0.147. The summed E-state index contributed by atoms with van der Waals surface area (Å²) in [5.74, 6) is -1.11. The normalized spacial score (nSPS) is 18.1. The van der Waals surface area contributed by atoms with E-state index in [2.05, 4.69) is 10.6 Å². The molecule has 0 aromatic heterocycles. The number of rotatable bonds is 9. The topological polar surface area (TPSA) is 108 Å². The van der Waals surface area contributed by atoms with Crippen LogP contribution in [0.2, 0.25) is 10.0 Å². The molecule has 0 saturated carbocycles. The molecule has 0 unspecified atom stereocenters. The highest BCUT2D eigenvalue weighted by Gasteiger charge is 2.49. The number of nitrogens with zero attached hydrogens (tertiary/aromatic N) is 1. The van der Waals surface area contributed by atoms with Crippen molar-refractivity contribution in [2.75, 3.05) is 12.5 Å². The third-order valence-electron chi connectivity index (χ3n) is 6.17. The van der Waals surface area contributed by atoms with Crippen molar-refractivity contribution in [3.05, 3.63) is 63.6 Å². The summed E-state index contributed by atoms with van der Waals surface area (Å²) in [5.41, 5.74) is 2.03. The Hall–Kier alpha value is -2.46. The van der Waals surface area contributed by atoms with Crippen molar-refractivity contribution in [2.24, 2.45) is 0 Å². The van der Waals surface area contributed by atoms with Crippen molar-refractivity contribution < 1.29 is 24.2 Å². The Bertz CT molecular complexity index is 1140. The molecule has 37 heavy (non-hydrogen) atoms. The van der Waals surface area contributed by atoms with Gasteiger partial charge in [0.1, 0.15) is 6.04 Å². The van der Waals surface area contributed by atoms with Crippen LogP contribution in [0.1, 0.15) is 31.9 Å². The minimum absolute atomic E-state index is 0.168. The number of ether oxygens (including phenoxy) is 1. The van der Waals surface area contributed by atoms with Gasteiger partial charge in [0.05, 0.1) is 22.0 Å². The summed E-state index contributed by atoms with van der Waals surface area (Å²) in [6.45, 7) is 7.16. The monoisotopic (exact) mass is 567 g/mol. The quantitative estimate of drug-likeness (QED) is 0.427. The number of nitrogens with one attached hydrogen (secondary N) is 2. The van der Waals surface area contributed by atoms with Gasteiger partial charge in [0.25, 0.3) is 11.8 Å². The second-order valence-corrected chi connectivity index (χ2v) is 11.8. The second-order valence-electron chi connectivity index (χ2n) is 9.37. The Labute approximate surface area is 231 Å². The Balaban J connectivity index is 1.60. The molecule has 0 spiro atoms. The van der Waals surface area contributed by atoms with E-state index >= 15 is 0 Å². The van der Waals surface area contributed by atoms with Crippen LogP contribution in [0.4, 0.5) is 0 Å². The van der Waals surface area contributed by atoms with Gasteiger partial charge in [-0.2, -0.15) is 0 Å². The van der Waals surface area contributed by atoms with E-state index in [4.69, 9.17) is 27.9 Å². The number of aryl methyl sites for hydroxylation is 1. The fraction of sp³-hybridized carbons (Fsp3) is 0.423. The van der Waals surface area contributed by atoms with Crippen LogP contribution in [-0.4, -0.2) is 63.1 Å². The van der Waals surface area contributed by atoms with E-state index in [1.807, 2.05) is 45.0 Å². The lowest BCUT2D eigenvalue weighted by Gasteiger charge is -2.32. The molecule has 1 aliphatic rings. The maximum absolute atomic E-state index is 13.2. The first-order valence-electron chi connectivity index (χ1n) is 11.7. The van der Waals surface area contributed by atoms with Crippen LogP contribution in [0.25, 0.3) is 0 Å². The molecule has 3 atom stereocenters. The predicted molar refractivity (Wildman–Crippen MR) is 146 cm³/mol. The van der Waals surface area contributed by atoms with Gasteiger partial charge < -0.3 is 25.4 Å². The number of hydrogen-bond acceptors (Lipinski definition) is 6. The van der Waals surface area contributed by atoms with Gasteiger partial charge >= 0.3 is 0 Å². The van der Waals surface area contributed by atoms with Crippen molar-refractivity contribution >= 4 is 52.7 Å². The molecule has 8 nitrogen and oxygen atoms in total. The number of thioether (sulfide) groups is 1. The minimum Gasteiger partial charge on any atom is -0.481 e. The molecule has 2 aromatic rings. The Morgan fingerprint density at radius 3 is 2.46 bits per heavy atom. The zero-order valence-corrected chi connectivity index (χ0v) is 23.4. The number of hydrogen-bond donors (Lipinski definition) is 3. The largest absolute Gasteiger partial charge is 0.481 e. The standard InChI is InChI=1S/C26H31Cl2N3O5S/c1-15-8-5-6-9-17(15)12-29-24(34)23-26(3,4)37-14-31(23)25(35)21(33)16(2)30-20(32)13-36-22-18(27)10-7-11-19(22)28/h5-11,16,21,23,33H,12-14H2,1-4H3,(H,29,34)(H,30,32)/t16-,21-,23+/m0/s1. The average molecular weight is 569 g/mol. The highest BCUT2D eigenvalue weighted by atomic mass is 35.5. The first kappa shape index (κ1) is 29.1. The lowest BCUT2D eigenvalue weighted by Crippen LogP contribution is -2.58. The van der Waals surface area contributed by atoms with Crippen molar-refractivity contribution in [2.45, 2.75) is 57.2 Å². The number of para-hydroxylation sites is 1. The molecule has 200 valence electrons. The molecule has 1 heterocycles. The van der Waals surface area contributed by atoms with Crippen LogP contribution >= 0.6 is 35.0 Å². The van der Waals surface area contributed by atoms with Gasteiger partial charge in [0.2, 0.25) is 5.91 Å². The SMILES string of the molecule is Cc1ccccc1CNC(=O)[C@H]1N(C(=O)[C@@H](O)[C@H](C)NC(=O)COc2c(Cl)cccc2Cl)CSC1(C)C. The highest BCUT2D eigenvalue weighted by Crippen LogP contribution is 2.40. The number of benzene rings is 2. The Morgan fingerprint density at radius 2 is 1.81 bits per heavy atom. The maximum Gasteiger partial charge on any atom is 0.258 e. The molecule has 1 fully saturated rings. The van der Waals surface area contributed by atoms with Crippen LogP contribution in [-0.2, 0) is 20.9 Å². The average Bonchev–Trinajstić information content (AvgIpc) is 3.16. The Morgan fingerprint density at radius 1 is 1.16 bits per heavy atom. The number of carbonyl (C=O) groups excluding carboxylic acids is 3. The van der Waals surface area contributed by atoms with Crippen molar-refractivity contribution in [1.82, 2.24) is 15.5 Å². The zero-order chi connectivity index (χ0) is 27.3. The van der Waals surface area contributed by atoms with Crippen LogP contribution in [0.5, 0.6) is 5.75 Å². The molecule has 0 radical (unpaired) electrons. The highest BCUT2D eigenvalue weighted by molar-refractivity contribution is 8.00. The zero-order valence-electron chi connectivity index (χ0n) is 21.1. The molecule has 3 rings (SSSR count). The summed E-state index contributed by atoms with van der Waals surface area (Å²) < 4.78 is 4.84. The van der Waals surface area contributed by atoms with E-state index in [0.29, 0.717) is 6.54 Å². The van der Waals surface area contributed by atoms with Gasteiger partial charge in [0.15, 0.2) is 18.5 Å². The summed E-state index contributed by atoms with van der Waals surface area (Å²) in [5, 5.41) is 16.7. The summed E-state index contributed by atoms with van der Waals surface area (Å²) in [6.07, 6.45) is -1.56. The molecule has 11 heteroatoms. The summed E-state index contributed by atoms with van der Waals surface area (Å²) in [6, 6.07) is 10.8. The van der Waals surface area contributed by atoms with Crippen LogP contribution in [0, 0.1) is 6.92 Å². The van der Waals surface area contributed by atoms with Gasteiger partial charge in [-0.05, 0) is 51.0 Å². The number of carbonyl (C=O) groups is 3. The fourth-order valence-electron chi connectivity index (χ4n) is 4.02. The smallest absolute Gasteiger partial charge is 0.258 e. The van der Waals surface area contributed by atoms with E-state index in [1.165, 1.54) is 23.6 Å². The number of aliphatic hydroxyl groups is 1. The van der Waals surface area contributed by atoms with Gasteiger partial charge in [-0.25, -0.2) is 0 Å². The summed E-state index contributed by atoms with van der Waals surface area (Å²) >= 11 is 13.5. The number of halogens is 2. The van der Waals surface area contributed by atoms with E-state index in [1.54, 1.807) is 18.2 Å². The van der Waals surface area contributed by atoms with Crippen LogP contribution in [0.15, 0.2) is 42.5 Å². The molecule has 2 aromatic carbocycles. The first-order chi connectivity index (χ1) is 17.4. The Kier molecular flexibility index (Phi) is 9.74. The molecule has 0 bridgehead atoms. The molecule has 0 aliphatic carbocycles. The molecular weight excluding hydrogens is 537 g/mol. The maximum atomic E-state index is 13.2. The molecule has 1 saturated heterocycles. The summed E-state index contributed by atoms with van der Waals surface area (Å²) in [4.78, 5) is 40.2. The van der Waals surface area contributed by atoms with Gasteiger partial charge in [-0.3, -0.25) is 14.4 Å². The van der Waals surface area contributed by atoms with E-state index in [9.17, 15) is 19.5 Å². The van der Waals surface area contributed by atoms with Gasteiger partial charge in [-0.15, -0.1) is 11.8 Å². The number of aliphatic hydroxyl groups excluding tert-OH is 1. The molecular formula is C26H31Cl2N3O5S. The third-order valence-corrected chi connectivity index (χ3v) is 8.14. The number of amides is 3. The van der Waals surface area contributed by atoms with Crippen molar-refractivity contribution in [1.29, 1.82) is 0 Å².